The van der Waals surface area contributed by atoms with Crippen molar-refractivity contribution >= 4 is 29.2 Å². The van der Waals surface area contributed by atoms with Crippen molar-refractivity contribution in [1.29, 1.82) is 0 Å². The molecular weight excluding hydrogens is 284 g/mol. The summed E-state index contributed by atoms with van der Waals surface area (Å²) >= 11 is 5.90. The van der Waals surface area contributed by atoms with E-state index in [4.69, 9.17) is 16.3 Å². The average molecular weight is 301 g/mol. The third-order valence-corrected chi connectivity index (χ3v) is 2.66. The molecule has 0 spiro atoms. The van der Waals surface area contributed by atoms with Crippen LogP contribution in [0.1, 0.15) is 10.5 Å². The molecule has 0 saturated carbocycles. The molecule has 8 heteroatoms. The van der Waals surface area contributed by atoms with Crippen LogP contribution < -0.4 is 16.0 Å². The Balaban J connectivity index is 2.52. The topological polar surface area (TPSA) is 92.4 Å². The molecular formula is C12H17ClN4O3. The lowest BCUT2D eigenvalue weighted by Gasteiger charge is -2.08. The molecule has 0 fully saturated rings. The van der Waals surface area contributed by atoms with Crippen molar-refractivity contribution in [3.05, 3.63) is 22.8 Å². The molecule has 0 unspecified atom stereocenters. The summed E-state index contributed by atoms with van der Waals surface area (Å²) in [4.78, 5) is 27.3. The molecule has 0 aliphatic carbocycles. The Morgan fingerprint density at radius 2 is 2.10 bits per heavy atom. The van der Waals surface area contributed by atoms with Gasteiger partial charge in [-0.3, -0.25) is 9.59 Å². The van der Waals surface area contributed by atoms with E-state index in [1.807, 2.05) is 0 Å². The first-order valence-corrected chi connectivity index (χ1v) is 6.34. The fourth-order valence-electron chi connectivity index (χ4n) is 1.34. The number of rotatable bonds is 7. The lowest BCUT2D eigenvalue weighted by molar-refractivity contribution is -0.120. The fourth-order valence-corrected chi connectivity index (χ4v) is 1.53. The number of aromatic nitrogens is 1. The molecule has 0 radical (unpaired) electrons. The number of anilines is 1. The minimum absolute atomic E-state index is 0.0724. The highest BCUT2D eigenvalue weighted by Gasteiger charge is 2.13. The van der Waals surface area contributed by atoms with Gasteiger partial charge in [0.2, 0.25) is 5.91 Å². The van der Waals surface area contributed by atoms with Crippen LogP contribution in [0.15, 0.2) is 12.1 Å². The average Bonchev–Trinajstić information content (AvgIpc) is 2.45. The van der Waals surface area contributed by atoms with Gasteiger partial charge in [-0.25, -0.2) is 4.98 Å². The number of nitrogens with zero attached hydrogens (tertiary/aromatic N) is 1. The fraction of sp³-hybridized carbons (Fsp3) is 0.417. The van der Waals surface area contributed by atoms with E-state index in [1.54, 1.807) is 19.2 Å². The Kier molecular flexibility index (Phi) is 6.75. The highest BCUT2D eigenvalue weighted by molar-refractivity contribution is 6.33. The zero-order chi connectivity index (χ0) is 15.0. The first-order chi connectivity index (χ1) is 9.58. The number of carbonyl (C=O) groups is 2. The van der Waals surface area contributed by atoms with Crippen LogP contribution in [0.25, 0.3) is 0 Å². The Hall–Kier alpha value is -1.86. The van der Waals surface area contributed by atoms with Gasteiger partial charge in [0.05, 0.1) is 18.2 Å². The van der Waals surface area contributed by atoms with Crippen LogP contribution in [0.5, 0.6) is 0 Å². The van der Waals surface area contributed by atoms with Crippen LogP contribution in [-0.2, 0) is 9.53 Å². The van der Waals surface area contributed by atoms with Gasteiger partial charge >= 0.3 is 0 Å². The molecule has 0 aliphatic rings. The molecule has 3 N–H and O–H groups in total. The first-order valence-electron chi connectivity index (χ1n) is 5.96. The van der Waals surface area contributed by atoms with Crippen LogP contribution in [0, 0.1) is 0 Å². The number of amides is 2. The van der Waals surface area contributed by atoms with Crippen molar-refractivity contribution in [2.75, 3.05) is 39.2 Å². The molecule has 2 amide bonds. The number of carbonyl (C=O) groups excluding carboxylic acids is 2. The van der Waals surface area contributed by atoms with E-state index in [-0.39, 0.29) is 23.2 Å². The predicted octanol–water partition coefficient (Wildman–Crippen LogP) is 0.269. The van der Waals surface area contributed by atoms with Gasteiger partial charge in [-0.1, -0.05) is 11.6 Å². The Labute approximate surface area is 122 Å². The van der Waals surface area contributed by atoms with Crippen molar-refractivity contribution < 1.29 is 14.3 Å². The number of hydrogen-bond acceptors (Lipinski definition) is 5. The molecule has 0 saturated heterocycles. The van der Waals surface area contributed by atoms with Crippen molar-refractivity contribution in [3.8, 4) is 0 Å². The summed E-state index contributed by atoms with van der Waals surface area (Å²) in [5, 5.41) is 8.06. The van der Waals surface area contributed by atoms with E-state index >= 15 is 0 Å². The van der Waals surface area contributed by atoms with E-state index < -0.39 is 5.91 Å². The van der Waals surface area contributed by atoms with Crippen molar-refractivity contribution in [2.45, 2.75) is 0 Å². The molecule has 0 aromatic carbocycles. The minimum Gasteiger partial charge on any atom is -0.383 e. The molecule has 0 aliphatic heterocycles. The third kappa shape index (κ3) is 5.02. The number of hydrogen-bond donors (Lipinski definition) is 3. The summed E-state index contributed by atoms with van der Waals surface area (Å²) in [6, 6.07) is 3.21. The molecule has 1 aromatic rings. The summed E-state index contributed by atoms with van der Waals surface area (Å²) in [5.41, 5.74) is 0.0724. The van der Waals surface area contributed by atoms with Crippen LogP contribution in [0.3, 0.4) is 0 Å². The van der Waals surface area contributed by atoms with E-state index in [0.717, 1.165) is 0 Å². The SMILES string of the molecule is CNc1ccc(Cl)c(C(=O)NCC(=O)NCCOC)n1. The van der Waals surface area contributed by atoms with Gasteiger partial charge in [0.1, 0.15) is 11.5 Å². The van der Waals surface area contributed by atoms with Gasteiger partial charge in [0.15, 0.2) is 0 Å². The highest BCUT2D eigenvalue weighted by atomic mass is 35.5. The zero-order valence-electron chi connectivity index (χ0n) is 11.3. The van der Waals surface area contributed by atoms with Gasteiger partial charge in [0, 0.05) is 20.7 Å². The maximum atomic E-state index is 11.9. The van der Waals surface area contributed by atoms with Gasteiger partial charge in [-0.2, -0.15) is 0 Å². The Morgan fingerprint density at radius 3 is 2.75 bits per heavy atom. The summed E-state index contributed by atoms with van der Waals surface area (Å²) in [6.07, 6.45) is 0. The summed E-state index contributed by atoms with van der Waals surface area (Å²) in [5.74, 6) is -0.297. The second-order valence-electron chi connectivity index (χ2n) is 3.80. The predicted molar refractivity (Wildman–Crippen MR) is 76.0 cm³/mol. The maximum absolute atomic E-state index is 11.9. The molecule has 110 valence electrons. The van der Waals surface area contributed by atoms with Crippen LogP contribution in [-0.4, -0.2) is 50.7 Å². The van der Waals surface area contributed by atoms with E-state index in [2.05, 4.69) is 20.9 Å². The van der Waals surface area contributed by atoms with E-state index in [9.17, 15) is 9.59 Å². The van der Waals surface area contributed by atoms with Gasteiger partial charge < -0.3 is 20.7 Å². The number of nitrogens with one attached hydrogen (secondary N) is 3. The van der Waals surface area contributed by atoms with Crippen molar-refractivity contribution in [3.63, 3.8) is 0 Å². The Bertz CT molecular complexity index is 482. The van der Waals surface area contributed by atoms with Crippen molar-refractivity contribution in [2.24, 2.45) is 0 Å². The molecule has 1 heterocycles. The Morgan fingerprint density at radius 1 is 1.35 bits per heavy atom. The first kappa shape index (κ1) is 16.2. The van der Waals surface area contributed by atoms with Crippen LogP contribution >= 0.6 is 11.6 Å². The van der Waals surface area contributed by atoms with Crippen LogP contribution in [0.4, 0.5) is 5.82 Å². The molecule has 1 rings (SSSR count). The molecule has 7 nitrogen and oxygen atoms in total. The van der Waals surface area contributed by atoms with E-state index in [1.165, 1.54) is 7.11 Å². The maximum Gasteiger partial charge on any atom is 0.271 e. The second kappa shape index (κ2) is 8.34. The van der Waals surface area contributed by atoms with Crippen molar-refractivity contribution in [1.82, 2.24) is 15.6 Å². The molecule has 0 bridgehead atoms. The third-order valence-electron chi connectivity index (χ3n) is 2.36. The highest BCUT2D eigenvalue weighted by Crippen LogP contribution is 2.16. The lowest BCUT2D eigenvalue weighted by atomic mass is 10.3. The standard InChI is InChI=1S/C12H17ClN4O3/c1-14-9-4-3-8(13)11(17-9)12(19)16-7-10(18)15-5-6-20-2/h3-4H,5-7H2,1-2H3,(H,14,17)(H,15,18)(H,16,19). The number of halogens is 1. The zero-order valence-corrected chi connectivity index (χ0v) is 12.1. The van der Waals surface area contributed by atoms with Gasteiger partial charge in [0.25, 0.3) is 5.91 Å². The smallest absolute Gasteiger partial charge is 0.271 e. The van der Waals surface area contributed by atoms with Gasteiger partial charge in [-0.05, 0) is 12.1 Å². The normalized spacial score (nSPS) is 9.95. The summed E-state index contributed by atoms with van der Waals surface area (Å²) < 4.78 is 4.79. The largest absolute Gasteiger partial charge is 0.383 e. The van der Waals surface area contributed by atoms with E-state index in [0.29, 0.717) is 19.0 Å². The number of methoxy groups -OCH3 is 1. The molecule has 20 heavy (non-hydrogen) atoms. The molecule has 1 aromatic heterocycles. The number of ether oxygens (including phenoxy) is 1. The lowest BCUT2D eigenvalue weighted by Crippen LogP contribution is -2.38. The monoisotopic (exact) mass is 300 g/mol. The quantitative estimate of drug-likeness (QED) is 0.629. The summed E-state index contributed by atoms with van der Waals surface area (Å²) in [6.45, 7) is 0.654. The minimum atomic E-state index is -0.506. The summed E-state index contributed by atoms with van der Waals surface area (Å²) in [7, 11) is 3.22. The van der Waals surface area contributed by atoms with Crippen LogP contribution in [0.2, 0.25) is 5.02 Å². The van der Waals surface area contributed by atoms with Gasteiger partial charge in [-0.15, -0.1) is 0 Å². The molecule has 0 atom stereocenters. The number of pyridine rings is 1. The second-order valence-corrected chi connectivity index (χ2v) is 4.21.